The minimum absolute atomic E-state index is 0.0830. The highest BCUT2D eigenvalue weighted by atomic mass is 32.2. The summed E-state index contributed by atoms with van der Waals surface area (Å²) in [5, 5.41) is 3.58. The van der Waals surface area contributed by atoms with Crippen molar-refractivity contribution in [1.29, 1.82) is 0 Å². The predicted molar refractivity (Wildman–Crippen MR) is 112 cm³/mol. The van der Waals surface area contributed by atoms with E-state index in [1.807, 2.05) is 42.5 Å². The average Bonchev–Trinajstić information content (AvgIpc) is 3.10. The van der Waals surface area contributed by atoms with Crippen LogP contribution in [0.1, 0.15) is 21.5 Å². The van der Waals surface area contributed by atoms with E-state index in [1.54, 1.807) is 25.0 Å². The zero-order valence-electron chi connectivity index (χ0n) is 15.5. The Morgan fingerprint density at radius 2 is 1.79 bits per heavy atom. The molecule has 4 aromatic rings. The summed E-state index contributed by atoms with van der Waals surface area (Å²) in [6.45, 7) is 0.651. The van der Waals surface area contributed by atoms with Crippen molar-refractivity contribution in [1.82, 2.24) is 19.9 Å². The number of nitrogens with zero attached hydrogens (tertiary/aromatic N) is 3. The molecule has 0 atom stereocenters. The van der Waals surface area contributed by atoms with E-state index in [9.17, 15) is 4.79 Å². The molecule has 1 N–H and O–H groups in total. The number of amides is 1. The van der Waals surface area contributed by atoms with E-state index in [-0.39, 0.29) is 5.91 Å². The van der Waals surface area contributed by atoms with E-state index in [0.29, 0.717) is 12.1 Å². The SMILES string of the molecule is CNC(=O)c1ccc(Cn2c(SCc3ccccc3)nc3cccnc32)cc1. The van der Waals surface area contributed by atoms with Gasteiger partial charge in [0.15, 0.2) is 10.8 Å². The van der Waals surface area contributed by atoms with Gasteiger partial charge in [-0.2, -0.15) is 0 Å². The number of hydrogen-bond donors (Lipinski definition) is 1. The van der Waals surface area contributed by atoms with Crippen molar-refractivity contribution in [3.63, 3.8) is 0 Å². The fraction of sp³-hybridized carbons (Fsp3) is 0.136. The molecule has 0 spiro atoms. The van der Waals surface area contributed by atoms with Crippen molar-refractivity contribution in [3.8, 4) is 0 Å². The first-order chi connectivity index (χ1) is 13.7. The van der Waals surface area contributed by atoms with Gasteiger partial charge in [-0.3, -0.25) is 9.36 Å². The van der Waals surface area contributed by atoms with E-state index in [0.717, 1.165) is 27.6 Å². The highest BCUT2D eigenvalue weighted by Crippen LogP contribution is 2.26. The van der Waals surface area contributed by atoms with Gasteiger partial charge in [-0.1, -0.05) is 54.2 Å². The third kappa shape index (κ3) is 3.92. The van der Waals surface area contributed by atoms with Crippen molar-refractivity contribution in [3.05, 3.63) is 89.6 Å². The maximum Gasteiger partial charge on any atom is 0.251 e. The summed E-state index contributed by atoms with van der Waals surface area (Å²) in [5.41, 5.74) is 4.76. The minimum Gasteiger partial charge on any atom is -0.355 e. The molecule has 0 aliphatic carbocycles. The number of carbonyl (C=O) groups is 1. The van der Waals surface area contributed by atoms with Crippen molar-refractivity contribution in [2.75, 3.05) is 7.05 Å². The van der Waals surface area contributed by atoms with E-state index in [2.05, 4.69) is 39.1 Å². The zero-order chi connectivity index (χ0) is 19.3. The summed E-state index contributed by atoms with van der Waals surface area (Å²) in [6.07, 6.45) is 1.79. The second-order valence-corrected chi connectivity index (χ2v) is 7.32. The molecular formula is C22H20N4OS. The Balaban J connectivity index is 1.62. The lowest BCUT2D eigenvalue weighted by atomic mass is 10.1. The lowest BCUT2D eigenvalue weighted by molar-refractivity contribution is 0.0963. The number of thioether (sulfide) groups is 1. The molecule has 140 valence electrons. The molecule has 28 heavy (non-hydrogen) atoms. The van der Waals surface area contributed by atoms with Gasteiger partial charge >= 0.3 is 0 Å². The Hall–Kier alpha value is -3.12. The maximum absolute atomic E-state index is 11.8. The molecule has 2 heterocycles. The largest absolute Gasteiger partial charge is 0.355 e. The molecule has 0 aliphatic rings. The van der Waals surface area contributed by atoms with Gasteiger partial charge in [-0.25, -0.2) is 9.97 Å². The van der Waals surface area contributed by atoms with Crippen LogP contribution in [0.15, 0.2) is 78.1 Å². The Morgan fingerprint density at radius 3 is 2.54 bits per heavy atom. The number of imidazole rings is 1. The van der Waals surface area contributed by atoms with Gasteiger partial charge in [0.05, 0.1) is 6.54 Å². The van der Waals surface area contributed by atoms with E-state index < -0.39 is 0 Å². The number of carbonyl (C=O) groups excluding carboxylic acids is 1. The Labute approximate surface area is 167 Å². The standard InChI is InChI=1S/C22H20N4OS/c1-23-21(27)18-11-9-16(10-12-18)14-26-20-19(8-5-13-24-20)25-22(26)28-15-17-6-3-2-4-7-17/h2-13H,14-15H2,1H3,(H,23,27). The van der Waals surface area contributed by atoms with Crippen LogP contribution in [0, 0.1) is 0 Å². The predicted octanol–water partition coefficient (Wildman–Crippen LogP) is 4.13. The third-order valence-corrected chi connectivity index (χ3v) is 5.51. The quantitative estimate of drug-likeness (QED) is 0.505. The highest BCUT2D eigenvalue weighted by molar-refractivity contribution is 7.98. The van der Waals surface area contributed by atoms with Crippen molar-refractivity contribution in [2.45, 2.75) is 17.5 Å². The molecule has 6 heteroatoms. The van der Waals surface area contributed by atoms with Crippen LogP contribution in [-0.2, 0) is 12.3 Å². The molecule has 0 saturated carbocycles. The average molecular weight is 388 g/mol. The summed E-state index contributed by atoms with van der Waals surface area (Å²) in [4.78, 5) is 21.1. The minimum atomic E-state index is -0.0830. The molecule has 0 saturated heterocycles. The topological polar surface area (TPSA) is 59.8 Å². The number of benzene rings is 2. The van der Waals surface area contributed by atoms with Gasteiger partial charge in [0, 0.05) is 24.6 Å². The van der Waals surface area contributed by atoms with Crippen LogP contribution in [0.2, 0.25) is 0 Å². The monoisotopic (exact) mass is 388 g/mol. The highest BCUT2D eigenvalue weighted by Gasteiger charge is 2.13. The molecule has 0 fully saturated rings. The van der Waals surface area contributed by atoms with Crippen LogP contribution in [0.3, 0.4) is 0 Å². The van der Waals surface area contributed by atoms with E-state index >= 15 is 0 Å². The maximum atomic E-state index is 11.8. The first-order valence-corrected chi connectivity index (χ1v) is 10.0. The molecule has 5 nitrogen and oxygen atoms in total. The van der Waals surface area contributed by atoms with Gasteiger partial charge in [-0.05, 0) is 35.4 Å². The van der Waals surface area contributed by atoms with Crippen molar-refractivity contribution < 1.29 is 4.79 Å². The Morgan fingerprint density at radius 1 is 1.00 bits per heavy atom. The first kappa shape index (κ1) is 18.3. The fourth-order valence-corrected chi connectivity index (χ4v) is 3.96. The van der Waals surface area contributed by atoms with E-state index in [4.69, 9.17) is 4.98 Å². The number of pyridine rings is 1. The van der Waals surface area contributed by atoms with Crippen LogP contribution >= 0.6 is 11.8 Å². The van der Waals surface area contributed by atoms with Gasteiger partial charge in [0.25, 0.3) is 5.91 Å². The van der Waals surface area contributed by atoms with Gasteiger partial charge < -0.3 is 5.32 Å². The van der Waals surface area contributed by atoms with Crippen LogP contribution in [-0.4, -0.2) is 27.5 Å². The summed E-state index contributed by atoms with van der Waals surface area (Å²) in [5.74, 6) is 0.764. The summed E-state index contributed by atoms with van der Waals surface area (Å²) >= 11 is 1.70. The molecule has 4 rings (SSSR count). The molecule has 2 aromatic heterocycles. The van der Waals surface area contributed by atoms with Gasteiger partial charge in [0.1, 0.15) is 5.52 Å². The molecule has 2 aromatic carbocycles. The molecule has 0 unspecified atom stereocenters. The summed E-state index contributed by atoms with van der Waals surface area (Å²) < 4.78 is 2.14. The van der Waals surface area contributed by atoms with Gasteiger partial charge in [-0.15, -0.1) is 0 Å². The fourth-order valence-electron chi connectivity index (χ4n) is 3.00. The molecule has 0 aliphatic heterocycles. The Bertz CT molecular complexity index is 1090. The van der Waals surface area contributed by atoms with Crippen LogP contribution in [0.5, 0.6) is 0 Å². The summed E-state index contributed by atoms with van der Waals surface area (Å²) in [6, 6.07) is 21.9. The summed E-state index contributed by atoms with van der Waals surface area (Å²) in [7, 11) is 1.63. The molecular weight excluding hydrogens is 368 g/mol. The lowest BCUT2D eigenvalue weighted by Gasteiger charge is -2.09. The van der Waals surface area contributed by atoms with Crippen molar-refractivity contribution in [2.24, 2.45) is 0 Å². The first-order valence-electron chi connectivity index (χ1n) is 9.03. The number of nitrogens with one attached hydrogen (secondary N) is 1. The second kappa shape index (κ2) is 8.27. The zero-order valence-corrected chi connectivity index (χ0v) is 16.3. The van der Waals surface area contributed by atoms with Crippen LogP contribution < -0.4 is 5.32 Å². The molecule has 0 bridgehead atoms. The smallest absolute Gasteiger partial charge is 0.251 e. The molecule has 0 radical (unpaired) electrons. The number of hydrogen-bond acceptors (Lipinski definition) is 4. The normalized spacial score (nSPS) is 10.9. The number of aromatic nitrogens is 3. The molecule has 1 amide bonds. The van der Waals surface area contributed by atoms with Crippen LogP contribution in [0.4, 0.5) is 0 Å². The Kier molecular flexibility index (Phi) is 5.39. The number of rotatable bonds is 6. The van der Waals surface area contributed by atoms with Gasteiger partial charge in [0.2, 0.25) is 0 Å². The van der Waals surface area contributed by atoms with Crippen molar-refractivity contribution >= 4 is 28.8 Å². The third-order valence-electron chi connectivity index (χ3n) is 4.46. The van der Waals surface area contributed by atoms with Crippen LogP contribution in [0.25, 0.3) is 11.2 Å². The van der Waals surface area contributed by atoms with E-state index in [1.165, 1.54) is 5.56 Å². The second-order valence-electron chi connectivity index (χ2n) is 6.38. The number of fused-ring (bicyclic) bond motifs is 1. The lowest BCUT2D eigenvalue weighted by Crippen LogP contribution is -2.17.